The molecule has 7 heteroatoms. The quantitative estimate of drug-likeness (QED) is 0.298. The van der Waals surface area contributed by atoms with Gasteiger partial charge in [-0.2, -0.15) is 0 Å². The molecule has 3 aromatic rings. The molecule has 0 aliphatic rings. The molecule has 0 aliphatic heterocycles. The summed E-state index contributed by atoms with van der Waals surface area (Å²) in [7, 11) is -3.80. The molecule has 0 amide bonds. The van der Waals surface area contributed by atoms with E-state index in [9.17, 15) is 13.2 Å². The van der Waals surface area contributed by atoms with Crippen molar-refractivity contribution < 1.29 is 17.9 Å². The lowest BCUT2D eigenvalue weighted by Gasteiger charge is -2.22. The molecule has 162 valence electrons. The van der Waals surface area contributed by atoms with E-state index in [0.717, 1.165) is 14.7 Å². The molecule has 3 rings (SSSR count). The zero-order valence-corrected chi connectivity index (χ0v) is 20.3. The normalized spacial score (nSPS) is 12.2. The Bertz CT molecular complexity index is 1180. The summed E-state index contributed by atoms with van der Waals surface area (Å²) in [6, 6.07) is 21.8. The lowest BCUT2D eigenvalue weighted by atomic mass is 9.87. The van der Waals surface area contributed by atoms with E-state index in [2.05, 4.69) is 27.3 Å². The molecule has 0 saturated heterocycles. The highest BCUT2D eigenvalue weighted by Crippen LogP contribution is 2.36. The number of esters is 1. The van der Waals surface area contributed by atoms with Crippen molar-refractivity contribution in [3.63, 3.8) is 0 Å². The number of carbonyl (C=O) groups is 1. The van der Waals surface area contributed by atoms with Crippen molar-refractivity contribution in [2.75, 3.05) is 11.3 Å². The van der Waals surface area contributed by atoms with Crippen molar-refractivity contribution in [1.29, 1.82) is 0 Å². The zero-order valence-electron chi connectivity index (χ0n) is 17.3. The van der Waals surface area contributed by atoms with Crippen molar-refractivity contribution in [3.05, 3.63) is 93.1 Å². The Morgan fingerprint density at radius 3 is 2.26 bits per heavy atom. The Kier molecular flexibility index (Phi) is 7.72. The molecule has 31 heavy (non-hydrogen) atoms. The molecule has 0 bridgehead atoms. The topological polar surface area (TPSA) is 72.5 Å². The second-order valence-electron chi connectivity index (χ2n) is 7.04. The molecule has 5 nitrogen and oxygen atoms in total. The van der Waals surface area contributed by atoms with E-state index in [-0.39, 0.29) is 23.2 Å². The molecule has 1 atom stereocenters. The van der Waals surface area contributed by atoms with Crippen LogP contribution < -0.4 is 4.72 Å². The number of nitrogens with one attached hydrogen (secondary N) is 1. The number of aryl methyl sites for hydroxylation is 1. The number of halogens is 1. The first-order valence-electron chi connectivity index (χ1n) is 9.91. The van der Waals surface area contributed by atoms with Gasteiger partial charge < -0.3 is 4.74 Å². The summed E-state index contributed by atoms with van der Waals surface area (Å²) in [6.45, 7) is 3.82. The molecule has 0 aliphatic carbocycles. The summed E-state index contributed by atoms with van der Waals surface area (Å²) in [5.74, 6) is -0.688. The van der Waals surface area contributed by atoms with E-state index < -0.39 is 10.0 Å². The fourth-order valence-electron chi connectivity index (χ4n) is 3.48. The molecule has 0 unspecified atom stereocenters. The Morgan fingerprint density at radius 2 is 1.58 bits per heavy atom. The van der Waals surface area contributed by atoms with E-state index in [4.69, 9.17) is 4.74 Å². The maximum atomic E-state index is 13.1. The van der Waals surface area contributed by atoms with Crippen LogP contribution in [0.25, 0.3) is 0 Å². The number of benzene rings is 3. The summed E-state index contributed by atoms with van der Waals surface area (Å²) in [4.78, 5) is 12.6. The molecule has 0 spiro atoms. The van der Waals surface area contributed by atoms with Crippen LogP contribution >= 0.6 is 22.6 Å². The second kappa shape index (κ2) is 10.3. The van der Waals surface area contributed by atoms with Gasteiger partial charge in [0.2, 0.25) is 0 Å². The van der Waals surface area contributed by atoms with E-state index in [1.807, 2.05) is 36.4 Å². The molecule has 0 fully saturated rings. The third-order valence-corrected chi connectivity index (χ3v) is 7.43. The Morgan fingerprint density at radius 1 is 0.968 bits per heavy atom. The fourth-order valence-corrected chi connectivity index (χ4v) is 5.58. The van der Waals surface area contributed by atoms with Gasteiger partial charge in [-0.3, -0.25) is 9.52 Å². The van der Waals surface area contributed by atoms with Crippen LogP contribution in [0.2, 0.25) is 0 Å². The van der Waals surface area contributed by atoms with Gasteiger partial charge in [0.1, 0.15) is 0 Å². The van der Waals surface area contributed by atoms with E-state index in [0.29, 0.717) is 17.9 Å². The highest BCUT2D eigenvalue weighted by molar-refractivity contribution is 14.1. The van der Waals surface area contributed by atoms with Crippen molar-refractivity contribution in [1.82, 2.24) is 0 Å². The molecule has 0 aromatic heterocycles. The predicted molar refractivity (Wildman–Crippen MR) is 131 cm³/mol. The predicted octanol–water partition coefficient (Wildman–Crippen LogP) is 5.49. The van der Waals surface area contributed by atoms with Crippen LogP contribution in [-0.2, 0) is 19.6 Å². The Labute approximate surface area is 197 Å². The molecule has 3 aromatic carbocycles. The molecule has 0 radical (unpaired) electrons. The maximum absolute atomic E-state index is 13.1. The van der Waals surface area contributed by atoms with Crippen molar-refractivity contribution in [3.8, 4) is 0 Å². The van der Waals surface area contributed by atoms with Gasteiger partial charge >= 0.3 is 5.97 Å². The number of hydrogen-bond donors (Lipinski definition) is 1. The molecular weight excluding hydrogens is 525 g/mol. The van der Waals surface area contributed by atoms with Gasteiger partial charge in [-0.15, -0.1) is 0 Å². The molecular formula is C24H24INO4S. The first-order valence-corrected chi connectivity index (χ1v) is 12.5. The third kappa shape index (κ3) is 5.65. The number of carbonyl (C=O) groups excluding carboxylic acids is 1. The van der Waals surface area contributed by atoms with Gasteiger partial charge in [0.25, 0.3) is 10.0 Å². The summed E-state index contributed by atoms with van der Waals surface area (Å²) in [5, 5.41) is 0. The van der Waals surface area contributed by atoms with Gasteiger partial charge in [0, 0.05) is 9.49 Å². The largest absolute Gasteiger partial charge is 0.466 e. The Balaban J connectivity index is 2.07. The first kappa shape index (κ1) is 23.3. The zero-order chi connectivity index (χ0) is 22.4. The van der Waals surface area contributed by atoms with Crippen molar-refractivity contribution in [2.24, 2.45) is 0 Å². The van der Waals surface area contributed by atoms with E-state index in [1.165, 1.54) is 0 Å². The maximum Gasteiger partial charge on any atom is 0.306 e. The lowest BCUT2D eigenvalue weighted by Crippen LogP contribution is -2.18. The number of para-hydroxylation sites is 1. The minimum absolute atomic E-state index is 0.108. The van der Waals surface area contributed by atoms with E-state index >= 15 is 0 Å². The molecule has 0 heterocycles. The number of anilines is 1. The van der Waals surface area contributed by atoms with Crippen molar-refractivity contribution >= 4 is 44.3 Å². The van der Waals surface area contributed by atoms with Crippen LogP contribution in [0.3, 0.4) is 0 Å². The van der Waals surface area contributed by atoms with Gasteiger partial charge in [-0.1, -0.05) is 54.6 Å². The number of rotatable bonds is 8. The second-order valence-corrected chi connectivity index (χ2v) is 9.85. The highest BCUT2D eigenvalue weighted by Gasteiger charge is 2.25. The molecule has 0 saturated carbocycles. The minimum atomic E-state index is -3.80. The van der Waals surface area contributed by atoms with E-state index in [1.54, 1.807) is 50.2 Å². The minimum Gasteiger partial charge on any atom is -0.466 e. The van der Waals surface area contributed by atoms with Crippen LogP contribution in [0.1, 0.15) is 36.0 Å². The summed E-state index contributed by atoms with van der Waals surface area (Å²) < 4.78 is 35.2. The SMILES string of the molecule is CCOC(=O)C[C@H](c1ccccc1I)c1ccccc1NS(=O)(=O)c1ccccc1C. The van der Waals surface area contributed by atoms with Crippen LogP contribution in [0.15, 0.2) is 77.7 Å². The average Bonchev–Trinajstić information content (AvgIpc) is 2.73. The summed E-state index contributed by atoms with van der Waals surface area (Å²) in [5.41, 5.74) is 2.77. The third-order valence-electron chi connectivity index (χ3n) is 4.92. The van der Waals surface area contributed by atoms with Crippen LogP contribution in [-0.4, -0.2) is 21.0 Å². The average molecular weight is 549 g/mol. The first-order chi connectivity index (χ1) is 14.8. The lowest BCUT2D eigenvalue weighted by molar-refractivity contribution is -0.143. The van der Waals surface area contributed by atoms with Gasteiger partial charge in [-0.05, 0) is 71.3 Å². The van der Waals surface area contributed by atoms with Gasteiger partial charge in [0.05, 0.1) is 23.6 Å². The Hall–Kier alpha value is -2.39. The molecule has 1 N–H and O–H groups in total. The monoisotopic (exact) mass is 549 g/mol. The van der Waals surface area contributed by atoms with Crippen LogP contribution in [0.5, 0.6) is 0 Å². The van der Waals surface area contributed by atoms with Gasteiger partial charge in [-0.25, -0.2) is 8.42 Å². The van der Waals surface area contributed by atoms with Crippen molar-refractivity contribution in [2.45, 2.75) is 31.1 Å². The fraction of sp³-hybridized carbons (Fsp3) is 0.208. The van der Waals surface area contributed by atoms with Gasteiger partial charge in [0.15, 0.2) is 0 Å². The summed E-state index contributed by atoms with van der Waals surface area (Å²) in [6.07, 6.45) is 0.108. The van der Waals surface area contributed by atoms with Crippen LogP contribution in [0.4, 0.5) is 5.69 Å². The van der Waals surface area contributed by atoms with Crippen LogP contribution in [0, 0.1) is 10.5 Å². The summed E-state index contributed by atoms with van der Waals surface area (Å²) >= 11 is 2.23. The number of hydrogen-bond acceptors (Lipinski definition) is 4. The standard InChI is InChI=1S/C24H24INO4S/c1-3-30-24(27)16-20(18-11-5-7-13-21(18)25)19-12-6-8-14-22(19)26-31(28,29)23-15-9-4-10-17(23)2/h4-15,20,26H,3,16H2,1-2H3/t20-/m1/s1. The highest BCUT2D eigenvalue weighted by atomic mass is 127. The number of sulfonamides is 1. The number of ether oxygens (including phenoxy) is 1. The smallest absolute Gasteiger partial charge is 0.306 e.